The van der Waals surface area contributed by atoms with Crippen LogP contribution in [-0.2, 0) is 16.7 Å². The van der Waals surface area contributed by atoms with Gasteiger partial charge in [0.25, 0.3) is 0 Å². The van der Waals surface area contributed by atoms with Crippen LogP contribution in [0.15, 0.2) is 6.20 Å². The molecule has 1 aromatic heterocycles. The van der Waals surface area contributed by atoms with Crippen LogP contribution in [0.1, 0.15) is 44.5 Å². The number of thiazole rings is 1. The molecular weight excluding hydrogens is 232 g/mol. The Morgan fingerprint density at radius 3 is 2.71 bits per heavy atom. The Morgan fingerprint density at radius 1 is 1.47 bits per heavy atom. The Morgan fingerprint density at radius 2 is 2.18 bits per heavy atom. The minimum Gasteiger partial charge on any atom is -0.380 e. The molecule has 4 heteroatoms. The van der Waals surface area contributed by atoms with Crippen LogP contribution in [0.5, 0.6) is 0 Å². The number of nitrogens with zero attached hydrogens (tertiary/aromatic N) is 1. The van der Waals surface area contributed by atoms with Crippen LogP contribution in [0, 0.1) is 0 Å². The fraction of sp³-hybridized carbons (Fsp3) is 0.769. The number of nitrogens with one attached hydrogen (secondary N) is 1. The molecule has 0 radical (unpaired) electrons. The number of aromatic nitrogens is 1. The highest BCUT2D eigenvalue weighted by Gasteiger charge is 2.17. The van der Waals surface area contributed by atoms with Gasteiger partial charge in [-0.1, -0.05) is 20.8 Å². The van der Waals surface area contributed by atoms with E-state index in [4.69, 9.17) is 4.74 Å². The molecule has 0 bridgehead atoms. The average Bonchev–Trinajstić information content (AvgIpc) is 2.71. The summed E-state index contributed by atoms with van der Waals surface area (Å²) in [6.45, 7) is 13.2. The molecule has 0 aromatic carbocycles. The molecule has 1 unspecified atom stereocenters. The fourth-order valence-electron chi connectivity index (χ4n) is 1.36. The maximum atomic E-state index is 5.37. The van der Waals surface area contributed by atoms with Crippen molar-refractivity contribution in [2.75, 3.05) is 13.2 Å². The third-order valence-electron chi connectivity index (χ3n) is 2.39. The van der Waals surface area contributed by atoms with Gasteiger partial charge in [0.2, 0.25) is 0 Å². The topological polar surface area (TPSA) is 34.1 Å². The highest BCUT2D eigenvalue weighted by atomic mass is 32.1. The van der Waals surface area contributed by atoms with E-state index in [9.17, 15) is 0 Å². The lowest BCUT2D eigenvalue weighted by Gasteiger charge is -2.14. The molecule has 1 N–H and O–H groups in total. The molecule has 1 heterocycles. The molecule has 0 saturated carbocycles. The van der Waals surface area contributed by atoms with Crippen LogP contribution in [0.3, 0.4) is 0 Å². The predicted molar refractivity (Wildman–Crippen MR) is 73.6 cm³/mol. The monoisotopic (exact) mass is 256 g/mol. The molecule has 0 saturated heterocycles. The van der Waals surface area contributed by atoms with E-state index in [1.165, 1.54) is 9.88 Å². The van der Waals surface area contributed by atoms with E-state index >= 15 is 0 Å². The Hall–Kier alpha value is -0.450. The number of hydrogen-bond donors (Lipinski definition) is 1. The van der Waals surface area contributed by atoms with Crippen molar-refractivity contribution in [2.24, 2.45) is 0 Å². The lowest BCUT2D eigenvalue weighted by Crippen LogP contribution is -2.29. The van der Waals surface area contributed by atoms with Crippen molar-refractivity contribution in [3.63, 3.8) is 0 Å². The summed E-state index contributed by atoms with van der Waals surface area (Å²) in [7, 11) is 0. The first-order valence-electron chi connectivity index (χ1n) is 6.19. The quantitative estimate of drug-likeness (QED) is 0.849. The van der Waals surface area contributed by atoms with E-state index < -0.39 is 0 Å². The van der Waals surface area contributed by atoms with E-state index in [-0.39, 0.29) is 5.41 Å². The van der Waals surface area contributed by atoms with Gasteiger partial charge in [0.1, 0.15) is 0 Å². The maximum Gasteiger partial charge on any atom is 0.0981 e. The van der Waals surface area contributed by atoms with Crippen LogP contribution >= 0.6 is 11.3 Å². The Kier molecular flexibility index (Phi) is 5.56. The van der Waals surface area contributed by atoms with Crippen LogP contribution in [0.25, 0.3) is 0 Å². The second-order valence-electron chi connectivity index (χ2n) is 5.32. The summed E-state index contributed by atoms with van der Waals surface area (Å²) < 4.78 is 5.37. The van der Waals surface area contributed by atoms with Crippen LogP contribution in [-0.4, -0.2) is 24.2 Å². The lowest BCUT2D eigenvalue weighted by atomic mass is 9.98. The summed E-state index contributed by atoms with van der Waals surface area (Å²) >= 11 is 1.79. The molecule has 0 aliphatic rings. The molecule has 0 fully saturated rings. The smallest absolute Gasteiger partial charge is 0.0981 e. The van der Waals surface area contributed by atoms with Crippen molar-refractivity contribution < 1.29 is 4.74 Å². The van der Waals surface area contributed by atoms with Crippen molar-refractivity contribution in [2.45, 2.75) is 52.6 Å². The number of ether oxygens (including phenoxy) is 1. The second kappa shape index (κ2) is 6.47. The van der Waals surface area contributed by atoms with Gasteiger partial charge in [-0.25, -0.2) is 4.98 Å². The SMILES string of the molecule is CCOCC(C)NCc1cnc(C(C)(C)C)s1. The molecule has 1 aromatic rings. The van der Waals surface area contributed by atoms with Gasteiger partial charge in [-0.3, -0.25) is 0 Å². The first-order chi connectivity index (χ1) is 7.93. The molecule has 0 aliphatic carbocycles. The lowest BCUT2D eigenvalue weighted by molar-refractivity contribution is 0.127. The van der Waals surface area contributed by atoms with Gasteiger partial charge in [-0.15, -0.1) is 11.3 Å². The molecule has 98 valence electrons. The van der Waals surface area contributed by atoms with Crippen molar-refractivity contribution in [3.8, 4) is 0 Å². The first kappa shape index (κ1) is 14.6. The maximum absolute atomic E-state index is 5.37. The minimum absolute atomic E-state index is 0.153. The predicted octanol–water partition coefficient (Wildman–Crippen LogP) is 2.96. The van der Waals surface area contributed by atoms with E-state index in [1.807, 2.05) is 13.1 Å². The van der Waals surface area contributed by atoms with Gasteiger partial charge in [-0.05, 0) is 13.8 Å². The molecule has 1 atom stereocenters. The van der Waals surface area contributed by atoms with Gasteiger partial charge in [0.15, 0.2) is 0 Å². The summed E-state index contributed by atoms with van der Waals surface area (Å²) in [5.41, 5.74) is 0.153. The Balaban J connectivity index is 2.40. The molecule has 17 heavy (non-hydrogen) atoms. The summed E-state index contributed by atoms with van der Waals surface area (Å²) in [5, 5.41) is 4.64. The van der Waals surface area contributed by atoms with E-state index in [2.05, 4.69) is 38.0 Å². The molecule has 1 rings (SSSR count). The van der Waals surface area contributed by atoms with Gasteiger partial charge in [0, 0.05) is 35.7 Å². The molecule has 0 amide bonds. The van der Waals surface area contributed by atoms with Crippen LogP contribution < -0.4 is 5.32 Å². The van der Waals surface area contributed by atoms with Gasteiger partial charge in [-0.2, -0.15) is 0 Å². The van der Waals surface area contributed by atoms with Gasteiger partial charge >= 0.3 is 0 Å². The van der Waals surface area contributed by atoms with Crippen molar-refractivity contribution >= 4 is 11.3 Å². The highest BCUT2D eigenvalue weighted by Crippen LogP contribution is 2.26. The molecule has 0 spiro atoms. The Bertz CT molecular complexity index is 330. The van der Waals surface area contributed by atoms with E-state index in [1.54, 1.807) is 11.3 Å². The first-order valence-corrected chi connectivity index (χ1v) is 7.01. The van der Waals surface area contributed by atoms with Gasteiger partial charge in [0.05, 0.1) is 11.6 Å². The van der Waals surface area contributed by atoms with E-state index in [0.717, 1.165) is 19.8 Å². The largest absolute Gasteiger partial charge is 0.380 e. The van der Waals surface area contributed by atoms with Crippen molar-refractivity contribution in [3.05, 3.63) is 16.1 Å². The molecular formula is C13H24N2OS. The minimum atomic E-state index is 0.153. The zero-order valence-electron chi connectivity index (χ0n) is 11.5. The van der Waals surface area contributed by atoms with E-state index in [0.29, 0.717) is 6.04 Å². The van der Waals surface area contributed by atoms with Crippen LogP contribution in [0.4, 0.5) is 0 Å². The summed E-state index contributed by atoms with van der Waals surface area (Å²) in [6.07, 6.45) is 1.98. The zero-order chi connectivity index (χ0) is 12.9. The average molecular weight is 256 g/mol. The summed E-state index contributed by atoms with van der Waals surface area (Å²) in [4.78, 5) is 5.76. The standard InChI is InChI=1S/C13H24N2OS/c1-6-16-9-10(2)14-7-11-8-15-12(17-11)13(3,4)5/h8,10,14H,6-7,9H2,1-5H3. The molecule has 0 aliphatic heterocycles. The third kappa shape index (κ3) is 5.15. The molecule has 3 nitrogen and oxygen atoms in total. The Labute approximate surface area is 109 Å². The van der Waals surface area contributed by atoms with Gasteiger partial charge < -0.3 is 10.1 Å². The highest BCUT2D eigenvalue weighted by molar-refractivity contribution is 7.11. The normalized spacial score (nSPS) is 13.9. The summed E-state index contributed by atoms with van der Waals surface area (Å²) in [6, 6.07) is 0.384. The number of hydrogen-bond acceptors (Lipinski definition) is 4. The fourth-order valence-corrected chi connectivity index (χ4v) is 2.29. The van der Waals surface area contributed by atoms with Crippen molar-refractivity contribution in [1.29, 1.82) is 0 Å². The summed E-state index contributed by atoms with van der Waals surface area (Å²) in [5.74, 6) is 0. The second-order valence-corrected chi connectivity index (χ2v) is 6.44. The third-order valence-corrected chi connectivity index (χ3v) is 3.81. The van der Waals surface area contributed by atoms with Crippen molar-refractivity contribution in [1.82, 2.24) is 10.3 Å². The zero-order valence-corrected chi connectivity index (χ0v) is 12.4. The van der Waals surface area contributed by atoms with Crippen LogP contribution in [0.2, 0.25) is 0 Å². The number of rotatable bonds is 6.